The third-order valence-electron chi connectivity index (χ3n) is 4.89. The van der Waals surface area contributed by atoms with Gasteiger partial charge in [0.25, 0.3) is 0 Å². The van der Waals surface area contributed by atoms with Crippen LogP contribution in [0, 0.1) is 6.92 Å². The van der Waals surface area contributed by atoms with Crippen LogP contribution in [-0.2, 0) is 17.8 Å². The van der Waals surface area contributed by atoms with Crippen LogP contribution in [0.2, 0.25) is 0 Å². The zero-order valence-corrected chi connectivity index (χ0v) is 14.2. The Morgan fingerprint density at radius 3 is 2.61 bits per heavy atom. The quantitative estimate of drug-likeness (QED) is 0.943. The highest BCUT2D eigenvalue weighted by atomic mass is 16.2. The molecule has 0 spiro atoms. The number of benzene rings is 1. The van der Waals surface area contributed by atoms with Gasteiger partial charge in [0.15, 0.2) is 0 Å². The minimum absolute atomic E-state index is 0.116. The van der Waals surface area contributed by atoms with Crippen molar-refractivity contribution in [1.82, 2.24) is 9.47 Å². The molecule has 2 heterocycles. The summed E-state index contributed by atoms with van der Waals surface area (Å²) >= 11 is 0. The van der Waals surface area contributed by atoms with Crippen LogP contribution in [0.4, 0.5) is 0 Å². The van der Waals surface area contributed by atoms with Crippen molar-refractivity contribution in [1.29, 1.82) is 0 Å². The second-order valence-corrected chi connectivity index (χ2v) is 6.79. The average molecular weight is 313 g/mol. The molecule has 4 nitrogen and oxygen atoms in total. The minimum Gasteiger partial charge on any atom is -0.341 e. The van der Waals surface area contributed by atoms with Crippen molar-refractivity contribution in [2.75, 3.05) is 13.1 Å². The summed E-state index contributed by atoms with van der Waals surface area (Å²) in [6.45, 7) is 6.39. The lowest BCUT2D eigenvalue weighted by Gasteiger charge is -2.27. The third kappa shape index (κ3) is 3.27. The van der Waals surface area contributed by atoms with E-state index in [4.69, 9.17) is 5.73 Å². The molecule has 1 unspecified atom stereocenters. The summed E-state index contributed by atoms with van der Waals surface area (Å²) < 4.78 is 2.17. The van der Waals surface area contributed by atoms with Crippen molar-refractivity contribution in [2.45, 2.75) is 52.1 Å². The van der Waals surface area contributed by atoms with Crippen LogP contribution in [-0.4, -0.2) is 34.5 Å². The summed E-state index contributed by atoms with van der Waals surface area (Å²) in [6, 6.07) is 8.46. The van der Waals surface area contributed by atoms with Crippen LogP contribution >= 0.6 is 0 Å². The fourth-order valence-corrected chi connectivity index (χ4v) is 3.66. The van der Waals surface area contributed by atoms with Gasteiger partial charge >= 0.3 is 0 Å². The normalized spacial score (nSPS) is 16.7. The molecule has 0 saturated carbocycles. The maximum atomic E-state index is 12.7. The fourth-order valence-electron chi connectivity index (χ4n) is 3.66. The van der Waals surface area contributed by atoms with Gasteiger partial charge in [0, 0.05) is 35.7 Å². The van der Waals surface area contributed by atoms with Crippen molar-refractivity contribution in [2.24, 2.45) is 5.73 Å². The lowest BCUT2D eigenvalue weighted by atomic mass is 10.0. The molecule has 1 fully saturated rings. The first kappa shape index (κ1) is 16.1. The van der Waals surface area contributed by atoms with Crippen molar-refractivity contribution < 1.29 is 4.79 Å². The molecular weight excluding hydrogens is 286 g/mol. The number of hydrogen-bond acceptors (Lipinski definition) is 2. The molecule has 0 aliphatic carbocycles. The molecule has 3 rings (SSSR count). The smallest absolute Gasteiger partial charge is 0.242 e. The van der Waals surface area contributed by atoms with E-state index in [1.165, 1.54) is 23.1 Å². The number of hydrogen-bond donors (Lipinski definition) is 1. The number of amides is 1. The minimum atomic E-state index is 0.116. The Morgan fingerprint density at radius 1 is 1.22 bits per heavy atom. The first-order chi connectivity index (χ1) is 11.1. The first-order valence-electron chi connectivity index (χ1n) is 8.68. The molecule has 0 bridgehead atoms. The van der Waals surface area contributed by atoms with Gasteiger partial charge < -0.3 is 15.2 Å². The third-order valence-corrected chi connectivity index (χ3v) is 4.89. The summed E-state index contributed by atoms with van der Waals surface area (Å²) in [5, 5.41) is 1.23. The van der Waals surface area contributed by atoms with Crippen molar-refractivity contribution >= 4 is 16.8 Å². The largest absolute Gasteiger partial charge is 0.341 e. The molecule has 2 aromatic rings. The second kappa shape index (κ2) is 6.75. The van der Waals surface area contributed by atoms with Gasteiger partial charge in [-0.15, -0.1) is 0 Å². The van der Waals surface area contributed by atoms with E-state index >= 15 is 0 Å². The van der Waals surface area contributed by atoms with E-state index in [1.54, 1.807) is 0 Å². The molecule has 1 saturated heterocycles. The maximum Gasteiger partial charge on any atom is 0.242 e. The van der Waals surface area contributed by atoms with Crippen molar-refractivity contribution in [3.63, 3.8) is 0 Å². The van der Waals surface area contributed by atoms with Crippen LogP contribution in [0.1, 0.15) is 37.4 Å². The van der Waals surface area contributed by atoms with Crippen LogP contribution in [0.5, 0.6) is 0 Å². The predicted octanol–water partition coefficient (Wildman–Crippen LogP) is 2.85. The van der Waals surface area contributed by atoms with Crippen molar-refractivity contribution in [3.05, 3.63) is 35.5 Å². The molecule has 1 amide bonds. The molecule has 23 heavy (non-hydrogen) atoms. The highest BCUT2D eigenvalue weighted by Gasteiger charge is 2.20. The van der Waals surface area contributed by atoms with E-state index in [1.807, 2.05) is 17.9 Å². The lowest BCUT2D eigenvalue weighted by Crippen LogP contribution is -2.37. The molecule has 1 aliphatic rings. The zero-order chi connectivity index (χ0) is 16.4. The van der Waals surface area contributed by atoms with E-state index in [0.29, 0.717) is 6.54 Å². The van der Waals surface area contributed by atoms with Crippen LogP contribution in [0.3, 0.4) is 0 Å². The Labute approximate surface area is 138 Å². The summed E-state index contributed by atoms with van der Waals surface area (Å²) in [7, 11) is 0. The molecule has 2 N–H and O–H groups in total. The zero-order valence-electron chi connectivity index (χ0n) is 14.2. The maximum absolute atomic E-state index is 12.7. The lowest BCUT2D eigenvalue weighted by molar-refractivity contribution is -0.132. The number of aromatic nitrogens is 1. The highest BCUT2D eigenvalue weighted by Crippen LogP contribution is 2.27. The van der Waals surface area contributed by atoms with Gasteiger partial charge in [0.2, 0.25) is 5.91 Å². The van der Waals surface area contributed by atoms with E-state index in [0.717, 1.165) is 37.9 Å². The highest BCUT2D eigenvalue weighted by molar-refractivity contribution is 5.87. The van der Waals surface area contributed by atoms with Crippen molar-refractivity contribution in [3.8, 4) is 0 Å². The van der Waals surface area contributed by atoms with Gasteiger partial charge in [0.05, 0.1) is 0 Å². The standard InChI is InChI=1S/C19H27N3O/c1-14(20)12-17-15(2)22(18-9-5-4-8-16(17)18)13-19(23)21-10-6-3-7-11-21/h4-5,8-9,14H,3,6-7,10-13,20H2,1-2H3. The number of fused-ring (bicyclic) bond motifs is 1. The topological polar surface area (TPSA) is 51.3 Å². The number of nitrogens with two attached hydrogens (primary N) is 1. The van der Waals surface area contributed by atoms with E-state index in [-0.39, 0.29) is 11.9 Å². The van der Waals surface area contributed by atoms with Crippen LogP contribution in [0.25, 0.3) is 10.9 Å². The Kier molecular flexibility index (Phi) is 4.71. The number of carbonyl (C=O) groups excluding carboxylic acids is 1. The van der Waals surface area contributed by atoms with Gasteiger partial charge in [-0.05, 0) is 51.2 Å². The van der Waals surface area contributed by atoms with Gasteiger partial charge in [-0.25, -0.2) is 0 Å². The molecule has 1 aromatic carbocycles. The SMILES string of the molecule is Cc1c(CC(C)N)c2ccccc2n1CC(=O)N1CCCCC1. The van der Waals surface area contributed by atoms with E-state index in [2.05, 4.69) is 29.7 Å². The Hall–Kier alpha value is -1.81. The van der Waals surface area contributed by atoms with Gasteiger partial charge in [0.1, 0.15) is 6.54 Å². The number of piperidine rings is 1. The summed E-state index contributed by atoms with van der Waals surface area (Å²) in [5.41, 5.74) is 9.63. The van der Waals surface area contributed by atoms with Crippen LogP contribution < -0.4 is 5.73 Å². The molecule has 1 aromatic heterocycles. The van der Waals surface area contributed by atoms with Crippen LogP contribution in [0.15, 0.2) is 24.3 Å². The number of nitrogens with zero attached hydrogens (tertiary/aromatic N) is 2. The number of rotatable bonds is 4. The summed E-state index contributed by atoms with van der Waals surface area (Å²) in [5.74, 6) is 0.237. The number of likely N-dealkylation sites (tertiary alicyclic amines) is 1. The van der Waals surface area contributed by atoms with Gasteiger partial charge in [-0.1, -0.05) is 18.2 Å². The average Bonchev–Trinajstić information content (AvgIpc) is 2.81. The van der Waals surface area contributed by atoms with E-state index < -0.39 is 0 Å². The fraction of sp³-hybridized carbons (Fsp3) is 0.526. The van der Waals surface area contributed by atoms with Gasteiger partial charge in [-0.3, -0.25) is 4.79 Å². The predicted molar refractivity (Wildman–Crippen MR) is 94.5 cm³/mol. The van der Waals surface area contributed by atoms with E-state index in [9.17, 15) is 4.79 Å². The monoisotopic (exact) mass is 313 g/mol. The summed E-state index contributed by atoms with van der Waals surface area (Å²) in [4.78, 5) is 14.7. The Morgan fingerprint density at radius 2 is 1.91 bits per heavy atom. The molecular formula is C19H27N3O. The molecule has 124 valence electrons. The Bertz CT molecular complexity index is 696. The Balaban J connectivity index is 1.93. The molecule has 4 heteroatoms. The number of carbonyl (C=O) groups is 1. The first-order valence-corrected chi connectivity index (χ1v) is 8.68. The summed E-state index contributed by atoms with van der Waals surface area (Å²) in [6.07, 6.45) is 4.35. The number of para-hydroxylation sites is 1. The van der Waals surface area contributed by atoms with Gasteiger partial charge in [-0.2, -0.15) is 0 Å². The molecule has 1 aliphatic heterocycles. The molecule has 0 radical (unpaired) electrons. The molecule has 1 atom stereocenters. The second-order valence-electron chi connectivity index (χ2n) is 6.79.